The lowest BCUT2D eigenvalue weighted by molar-refractivity contribution is 0.387. The van der Waals surface area contributed by atoms with Crippen molar-refractivity contribution < 1.29 is 0 Å². The summed E-state index contributed by atoms with van der Waals surface area (Å²) in [5.41, 5.74) is 2.69. The Kier molecular flexibility index (Phi) is 4.39. The van der Waals surface area contributed by atoms with Gasteiger partial charge in [-0.1, -0.05) is 13.0 Å². The first-order valence-electron chi connectivity index (χ1n) is 6.64. The van der Waals surface area contributed by atoms with Gasteiger partial charge >= 0.3 is 0 Å². The normalized spacial score (nSPS) is 11.6. The third kappa shape index (κ3) is 3.12. The Morgan fingerprint density at radius 2 is 2.06 bits per heavy atom. The summed E-state index contributed by atoms with van der Waals surface area (Å²) in [6, 6.07) is 8.94. The zero-order valence-corrected chi connectivity index (χ0v) is 11.6. The molecule has 0 amide bonds. The van der Waals surface area contributed by atoms with Gasteiger partial charge in [0.1, 0.15) is 0 Å². The van der Waals surface area contributed by atoms with Gasteiger partial charge < -0.3 is 14.8 Å². The molecule has 2 aromatic rings. The molecule has 2 rings (SSSR count). The van der Waals surface area contributed by atoms with Crippen molar-refractivity contribution in [1.29, 1.82) is 0 Å². The number of rotatable bonds is 6. The smallest absolute Gasteiger partial charge is 0.0480 e. The Morgan fingerprint density at radius 3 is 2.78 bits per heavy atom. The Bertz CT molecular complexity index is 499. The number of nitrogens with one attached hydrogen (secondary N) is 1. The van der Waals surface area contributed by atoms with E-state index in [2.05, 4.69) is 66.3 Å². The standard InChI is InChI=1S/C15H23N3/c1-4-16-12-13-5-6-15-14(11-13)7-8-18(15)10-9-17(2)3/h5-8,11,16H,4,9-10,12H2,1-3H3. The molecule has 0 saturated carbocycles. The summed E-state index contributed by atoms with van der Waals surface area (Å²) >= 11 is 0. The van der Waals surface area contributed by atoms with Crippen molar-refractivity contribution in [1.82, 2.24) is 14.8 Å². The van der Waals surface area contributed by atoms with E-state index in [9.17, 15) is 0 Å². The highest BCUT2D eigenvalue weighted by molar-refractivity contribution is 5.80. The lowest BCUT2D eigenvalue weighted by Crippen LogP contribution is -2.17. The van der Waals surface area contributed by atoms with Gasteiger partial charge in [0.05, 0.1) is 0 Å². The van der Waals surface area contributed by atoms with E-state index in [1.807, 2.05) is 0 Å². The zero-order valence-electron chi connectivity index (χ0n) is 11.6. The summed E-state index contributed by atoms with van der Waals surface area (Å²) in [4.78, 5) is 2.21. The molecule has 0 aliphatic rings. The highest BCUT2D eigenvalue weighted by atomic mass is 15.1. The third-order valence-corrected chi connectivity index (χ3v) is 3.20. The number of hydrogen-bond donors (Lipinski definition) is 1. The number of nitrogens with zero attached hydrogens (tertiary/aromatic N) is 2. The fourth-order valence-electron chi connectivity index (χ4n) is 2.13. The van der Waals surface area contributed by atoms with Gasteiger partial charge in [-0.2, -0.15) is 0 Å². The minimum Gasteiger partial charge on any atom is -0.346 e. The van der Waals surface area contributed by atoms with E-state index >= 15 is 0 Å². The van der Waals surface area contributed by atoms with Crippen LogP contribution in [0, 0.1) is 0 Å². The molecule has 1 aromatic heterocycles. The molecule has 3 heteroatoms. The molecule has 1 heterocycles. The van der Waals surface area contributed by atoms with Crippen LogP contribution in [0.25, 0.3) is 10.9 Å². The van der Waals surface area contributed by atoms with Crippen LogP contribution in [0.5, 0.6) is 0 Å². The molecule has 3 nitrogen and oxygen atoms in total. The summed E-state index contributed by atoms with van der Waals surface area (Å²) in [7, 11) is 4.22. The molecule has 98 valence electrons. The summed E-state index contributed by atoms with van der Waals surface area (Å²) in [5.74, 6) is 0. The van der Waals surface area contributed by atoms with Crippen molar-refractivity contribution in [3.8, 4) is 0 Å². The minimum atomic E-state index is 0.954. The largest absolute Gasteiger partial charge is 0.346 e. The van der Waals surface area contributed by atoms with E-state index < -0.39 is 0 Å². The predicted octanol–water partition coefficient (Wildman–Crippen LogP) is 2.31. The molecule has 0 aliphatic carbocycles. The van der Waals surface area contributed by atoms with Gasteiger partial charge in [-0.3, -0.25) is 0 Å². The van der Waals surface area contributed by atoms with E-state index in [0.717, 1.165) is 26.2 Å². The summed E-state index contributed by atoms with van der Waals surface area (Å²) in [5, 5.41) is 4.70. The molecule has 0 fully saturated rings. The van der Waals surface area contributed by atoms with Gasteiger partial charge in [-0.25, -0.2) is 0 Å². The number of hydrogen-bond acceptors (Lipinski definition) is 2. The van der Waals surface area contributed by atoms with Crippen LogP contribution in [0.2, 0.25) is 0 Å². The zero-order chi connectivity index (χ0) is 13.0. The first-order valence-corrected chi connectivity index (χ1v) is 6.64. The van der Waals surface area contributed by atoms with Crippen molar-refractivity contribution in [3.05, 3.63) is 36.0 Å². The second-order valence-corrected chi connectivity index (χ2v) is 4.99. The minimum absolute atomic E-state index is 0.954. The van der Waals surface area contributed by atoms with E-state index in [0.29, 0.717) is 0 Å². The molecule has 0 saturated heterocycles. The molecule has 18 heavy (non-hydrogen) atoms. The molecule has 0 unspecified atom stereocenters. The number of fused-ring (bicyclic) bond motifs is 1. The third-order valence-electron chi connectivity index (χ3n) is 3.20. The van der Waals surface area contributed by atoms with E-state index in [1.54, 1.807) is 0 Å². The van der Waals surface area contributed by atoms with Gasteiger partial charge in [-0.05, 0) is 49.8 Å². The van der Waals surface area contributed by atoms with Crippen LogP contribution in [0.3, 0.4) is 0 Å². The SMILES string of the molecule is CCNCc1ccc2c(ccn2CCN(C)C)c1. The maximum absolute atomic E-state index is 3.36. The highest BCUT2D eigenvalue weighted by Crippen LogP contribution is 2.17. The quantitative estimate of drug-likeness (QED) is 0.843. The summed E-state index contributed by atoms with van der Waals surface area (Å²) in [6.45, 7) is 6.22. The van der Waals surface area contributed by atoms with Crippen molar-refractivity contribution >= 4 is 10.9 Å². The van der Waals surface area contributed by atoms with E-state index in [4.69, 9.17) is 0 Å². The number of likely N-dealkylation sites (N-methyl/N-ethyl adjacent to an activating group) is 1. The molecule has 0 aliphatic heterocycles. The summed E-state index contributed by atoms with van der Waals surface area (Å²) < 4.78 is 2.33. The van der Waals surface area contributed by atoms with Crippen LogP contribution in [0.1, 0.15) is 12.5 Å². The Balaban J connectivity index is 2.15. The predicted molar refractivity (Wildman–Crippen MR) is 77.9 cm³/mol. The van der Waals surface area contributed by atoms with Gasteiger partial charge in [-0.15, -0.1) is 0 Å². The maximum atomic E-state index is 3.36. The van der Waals surface area contributed by atoms with Crippen LogP contribution in [0.4, 0.5) is 0 Å². The first-order chi connectivity index (χ1) is 8.70. The fourth-order valence-corrected chi connectivity index (χ4v) is 2.13. The molecular formula is C15H23N3. The monoisotopic (exact) mass is 245 g/mol. The lowest BCUT2D eigenvalue weighted by atomic mass is 10.1. The van der Waals surface area contributed by atoms with E-state index in [1.165, 1.54) is 16.5 Å². The van der Waals surface area contributed by atoms with Crippen molar-refractivity contribution in [3.63, 3.8) is 0 Å². The van der Waals surface area contributed by atoms with Crippen LogP contribution in [-0.2, 0) is 13.1 Å². The lowest BCUT2D eigenvalue weighted by Gasteiger charge is -2.11. The molecule has 1 aromatic carbocycles. The average molecular weight is 245 g/mol. The molecule has 0 atom stereocenters. The van der Waals surface area contributed by atoms with Crippen molar-refractivity contribution in [2.75, 3.05) is 27.2 Å². The second kappa shape index (κ2) is 6.03. The Hall–Kier alpha value is -1.32. The number of benzene rings is 1. The van der Waals surface area contributed by atoms with Gasteiger partial charge in [0, 0.05) is 31.3 Å². The van der Waals surface area contributed by atoms with Crippen LogP contribution in [-0.4, -0.2) is 36.7 Å². The van der Waals surface area contributed by atoms with Crippen LogP contribution in [0.15, 0.2) is 30.5 Å². The summed E-state index contributed by atoms with van der Waals surface area (Å²) in [6.07, 6.45) is 2.19. The first kappa shape index (κ1) is 13.1. The molecule has 0 radical (unpaired) electrons. The Labute approximate surface area is 109 Å². The van der Waals surface area contributed by atoms with Crippen LogP contribution >= 0.6 is 0 Å². The second-order valence-electron chi connectivity index (χ2n) is 4.99. The molecular weight excluding hydrogens is 222 g/mol. The topological polar surface area (TPSA) is 20.2 Å². The fraction of sp³-hybridized carbons (Fsp3) is 0.467. The van der Waals surface area contributed by atoms with Crippen molar-refractivity contribution in [2.45, 2.75) is 20.0 Å². The van der Waals surface area contributed by atoms with Crippen molar-refractivity contribution in [2.24, 2.45) is 0 Å². The van der Waals surface area contributed by atoms with E-state index in [-0.39, 0.29) is 0 Å². The number of aromatic nitrogens is 1. The van der Waals surface area contributed by atoms with Gasteiger partial charge in [0.25, 0.3) is 0 Å². The average Bonchev–Trinajstić information content (AvgIpc) is 2.76. The van der Waals surface area contributed by atoms with Gasteiger partial charge in [0.15, 0.2) is 0 Å². The maximum Gasteiger partial charge on any atom is 0.0480 e. The molecule has 0 spiro atoms. The Morgan fingerprint density at radius 1 is 1.22 bits per heavy atom. The van der Waals surface area contributed by atoms with Gasteiger partial charge in [0.2, 0.25) is 0 Å². The molecule has 1 N–H and O–H groups in total. The highest BCUT2D eigenvalue weighted by Gasteiger charge is 2.02. The molecule has 0 bridgehead atoms. The van der Waals surface area contributed by atoms with Crippen LogP contribution < -0.4 is 5.32 Å².